The maximum atomic E-state index is 12.9. The predicted octanol–water partition coefficient (Wildman–Crippen LogP) is 4.42. The second-order valence-corrected chi connectivity index (χ2v) is 7.65. The monoisotopic (exact) mass is 390 g/mol. The molecule has 1 aromatic carbocycles. The van der Waals surface area contributed by atoms with Gasteiger partial charge >= 0.3 is 5.97 Å². The minimum Gasteiger partial charge on any atom is -0.459 e. The van der Waals surface area contributed by atoms with Crippen LogP contribution in [0.25, 0.3) is 10.2 Å². The van der Waals surface area contributed by atoms with Crippen LogP contribution in [0, 0.1) is 13.8 Å². The number of carbonyl (C=O) groups excluding carboxylic acids is 1. The van der Waals surface area contributed by atoms with Crippen LogP contribution in [-0.4, -0.2) is 15.5 Å². The Balaban J connectivity index is 1.89. The van der Waals surface area contributed by atoms with E-state index in [1.165, 1.54) is 22.2 Å². The zero-order valence-corrected chi connectivity index (χ0v) is 16.4. The number of ether oxygens (including phenoxy) is 1. The van der Waals surface area contributed by atoms with Gasteiger partial charge in [0.1, 0.15) is 17.5 Å². The normalized spacial score (nSPS) is 12.3. The first-order valence-corrected chi connectivity index (χ1v) is 9.50. The average Bonchev–Trinajstić information content (AvgIpc) is 2.92. The van der Waals surface area contributed by atoms with E-state index in [9.17, 15) is 9.59 Å². The van der Waals surface area contributed by atoms with Crippen molar-refractivity contribution in [2.45, 2.75) is 39.8 Å². The van der Waals surface area contributed by atoms with Crippen LogP contribution in [0.5, 0.6) is 0 Å². The number of nitrogens with zero attached hydrogens (tertiary/aromatic N) is 2. The minimum atomic E-state index is -0.721. The van der Waals surface area contributed by atoms with E-state index in [-0.39, 0.29) is 12.2 Å². The molecule has 7 heteroatoms. The number of hydrogen-bond donors (Lipinski definition) is 0. The van der Waals surface area contributed by atoms with Crippen molar-refractivity contribution >= 4 is 39.1 Å². The van der Waals surface area contributed by atoms with Crippen LogP contribution >= 0.6 is 22.9 Å². The first kappa shape index (κ1) is 18.6. The number of esters is 1. The second-order valence-electron chi connectivity index (χ2n) is 6.04. The third kappa shape index (κ3) is 3.39. The minimum absolute atomic E-state index is 0.0655. The molecule has 0 aliphatic rings. The van der Waals surface area contributed by atoms with Crippen molar-refractivity contribution in [2.24, 2.45) is 0 Å². The first-order valence-electron chi connectivity index (χ1n) is 8.31. The van der Waals surface area contributed by atoms with Crippen LogP contribution in [0.3, 0.4) is 0 Å². The van der Waals surface area contributed by atoms with Crippen molar-refractivity contribution < 1.29 is 9.53 Å². The molecule has 0 saturated carbocycles. The Kier molecular flexibility index (Phi) is 5.44. The number of aromatic nitrogens is 2. The number of halogens is 1. The highest BCUT2D eigenvalue weighted by molar-refractivity contribution is 7.18. The van der Waals surface area contributed by atoms with Crippen LogP contribution < -0.4 is 5.56 Å². The fraction of sp³-hybridized carbons (Fsp3) is 0.316. The molecule has 0 spiro atoms. The summed E-state index contributed by atoms with van der Waals surface area (Å²) in [7, 11) is 0. The van der Waals surface area contributed by atoms with Gasteiger partial charge in [0.25, 0.3) is 5.56 Å². The Labute approximate surface area is 160 Å². The summed E-state index contributed by atoms with van der Waals surface area (Å²) in [5, 5.41) is 1.12. The van der Waals surface area contributed by atoms with E-state index in [4.69, 9.17) is 16.3 Å². The lowest BCUT2D eigenvalue weighted by molar-refractivity contribution is -0.149. The third-order valence-corrected chi connectivity index (χ3v) is 5.92. The maximum Gasteiger partial charge on any atom is 0.329 e. The lowest BCUT2D eigenvalue weighted by atomic mass is 10.2. The zero-order chi connectivity index (χ0) is 18.8. The lowest BCUT2D eigenvalue weighted by Crippen LogP contribution is -2.31. The van der Waals surface area contributed by atoms with Gasteiger partial charge in [0, 0.05) is 15.5 Å². The summed E-state index contributed by atoms with van der Waals surface area (Å²) in [6.45, 7) is 5.76. The Hall–Kier alpha value is -2.18. The lowest BCUT2D eigenvalue weighted by Gasteiger charge is -2.17. The molecule has 2 aromatic heterocycles. The highest BCUT2D eigenvalue weighted by atomic mass is 35.5. The molecule has 1 atom stereocenters. The summed E-state index contributed by atoms with van der Waals surface area (Å²) in [6, 6.07) is 6.46. The van der Waals surface area contributed by atoms with Crippen molar-refractivity contribution in [3.05, 3.63) is 62.0 Å². The summed E-state index contributed by atoms with van der Waals surface area (Å²) in [4.78, 5) is 31.6. The molecule has 0 aliphatic carbocycles. The molecule has 3 rings (SSSR count). The standard InChI is InChI=1S/C19H19ClN2O3S/c1-4-15(19(24)25-9-13-7-5-6-8-14(13)20)22-10-21-17-16(18(22)23)11(2)12(3)26-17/h5-8,10,15H,4,9H2,1-3H3. The van der Waals surface area contributed by atoms with Crippen molar-refractivity contribution in [2.75, 3.05) is 0 Å². The Morgan fingerprint density at radius 1 is 1.35 bits per heavy atom. The maximum absolute atomic E-state index is 12.9. The van der Waals surface area contributed by atoms with Crippen LogP contribution in [0.4, 0.5) is 0 Å². The summed E-state index contributed by atoms with van der Waals surface area (Å²) in [6.07, 6.45) is 1.86. The van der Waals surface area contributed by atoms with Gasteiger partial charge in [0.05, 0.1) is 11.7 Å². The molecule has 26 heavy (non-hydrogen) atoms. The van der Waals surface area contributed by atoms with Gasteiger partial charge in [-0.1, -0.05) is 36.7 Å². The number of hydrogen-bond acceptors (Lipinski definition) is 5. The fourth-order valence-electron chi connectivity index (χ4n) is 2.81. The van der Waals surface area contributed by atoms with E-state index < -0.39 is 12.0 Å². The summed E-state index contributed by atoms with van der Waals surface area (Å²) < 4.78 is 6.78. The number of rotatable bonds is 5. The van der Waals surface area contributed by atoms with Crippen molar-refractivity contribution in [1.29, 1.82) is 0 Å². The highest BCUT2D eigenvalue weighted by Crippen LogP contribution is 2.26. The van der Waals surface area contributed by atoms with E-state index in [0.717, 1.165) is 16.0 Å². The van der Waals surface area contributed by atoms with E-state index in [1.807, 2.05) is 32.9 Å². The molecule has 0 saturated heterocycles. The van der Waals surface area contributed by atoms with Gasteiger partial charge in [-0.05, 0) is 31.9 Å². The van der Waals surface area contributed by atoms with Gasteiger partial charge in [0.2, 0.25) is 0 Å². The van der Waals surface area contributed by atoms with Crippen molar-refractivity contribution in [1.82, 2.24) is 9.55 Å². The van der Waals surface area contributed by atoms with Crippen LogP contribution in [0.2, 0.25) is 5.02 Å². The SMILES string of the molecule is CCC(C(=O)OCc1ccccc1Cl)n1cnc2sc(C)c(C)c2c1=O. The first-order chi connectivity index (χ1) is 12.4. The third-order valence-electron chi connectivity index (χ3n) is 4.44. The highest BCUT2D eigenvalue weighted by Gasteiger charge is 2.24. The molecule has 0 aliphatic heterocycles. The molecular formula is C19H19ClN2O3S. The van der Waals surface area contributed by atoms with Crippen molar-refractivity contribution in [3.8, 4) is 0 Å². The molecule has 0 bridgehead atoms. The van der Waals surface area contributed by atoms with E-state index in [2.05, 4.69) is 4.98 Å². The number of fused-ring (bicyclic) bond motifs is 1. The molecule has 2 heterocycles. The molecule has 3 aromatic rings. The zero-order valence-electron chi connectivity index (χ0n) is 14.8. The van der Waals surface area contributed by atoms with Crippen LogP contribution in [-0.2, 0) is 16.1 Å². The molecule has 0 N–H and O–H groups in total. The average molecular weight is 391 g/mol. The van der Waals surface area contributed by atoms with Gasteiger partial charge in [-0.2, -0.15) is 0 Å². The Bertz CT molecular complexity index is 1030. The quantitative estimate of drug-likeness (QED) is 0.605. The second kappa shape index (κ2) is 7.60. The predicted molar refractivity (Wildman–Crippen MR) is 104 cm³/mol. The summed E-state index contributed by atoms with van der Waals surface area (Å²) >= 11 is 7.58. The molecule has 0 fully saturated rings. The van der Waals surface area contributed by atoms with Crippen LogP contribution in [0.1, 0.15) is 35.4 Å². The molecular weight excluding hydrogens is 372 g/mol. The van der Waals surface area contributed by atoms with Crippen LogP contribution in [0.15, 0.2) is 35.4 Å². The fourth-order valence-corrected chi connectivity index (χ4v) is 3.99. The van der Waals surface area contributed by atoms with Gasteiger partial charge in [-0.25, -0.2) is 9.78 Å². The van der Waals surface area contributed by atoms with Crippen molar-refractivity contribution in [3.63, 3.8) is 0 Å². The van der Waals surface area contributed by atoms with Gasteiger partial charge < -0.3 is 4.74 Å². The number of carbonyl (C=O) groups is 1. The molecule has 0 radical (unpaired) electrons. The number of thiophene rings is 1. The van der Waals surface area contributed by atoms with E-state index in [1.54, 1.807) is 12.1 Å². The molecule has 5 nitrogen and oxygen atoms in total. The summed E-state index contributed by atoms with van der Waals surface area (Å²) in [5.41, 5.74) is 1.43. The summed E-state index contributed by atoms with van der Waals surface area (Å²) in [5.74, 6) is -0.472. The van der Waals surface area contributed by atoms with E-state index >= 15 is 0 Å². The topological polar surface area (TPSA) is 61.2 Å². The van der Waals surface area contributed by atoms with Gasteiger partial charge in [-0.15, -0.1) is 11.3 Å². The number of aryl methyl sites for hydroxylation is 2. The number of benzene rings is 1. The molecule has 0 amide bonds. The largest absolute Gasteiger partial charge is 0.459 e. The van der Waals surface area contributed by atoms with E-state index in [0.29, 0.717) is 21.7 Å². The van der Waals surface area contributed by atoms with Gasteiger partial charge in [-0.3, -0.25) is 9.36 Å². The molecule has 1 unspecified atom stereocenters. The van der Waals surface area contributed by atoms with Gasteiger partial charge in [0.15, 0.2) is 0 Å². The Morgan fingerprint density at radius 2 is 2.08 bits per heavy atom. The Morgan fingerprint density at radius 3 is 2.77 bits per heavy atom. The smallest absolute Gasteiger partial charge is 0.329 e. The molecule has 136 valence electrons.